The first-order valence-corrected chi connectivity index (χ1v) is 4.72. The van der Waals surface area contributed by atoms with Crippen molar-refractivity contribution in [3.05, 3.63) is 16.8 Å². The molecule has 0 saturated carbocycles. The van der Waals surface area contributed by atoms with Crippen LogP contribution in [0.4, 0.5) is 0 Å². The predicted octanol–water partition coefficient (Wildman–Crippen LogP) is -1.46. The number of nitrogens with zero attached hydrogens (tertiary/aromatic N) is 2. The smallest absolute Gasteiger partial charge is 0.372 e. The van der Waals surface area contributed by atoms with E-state index in [9.17, 15) is 4.79 Å². The van der Waals surface area contributed by atoms with Gasteiger partial charge in [-0.2, -0.15) is 5.10 Å². The van der Waals surface area contributed by atoms with Gasteiger partial charge in [-0.1, -0.05) is 0 Å². The molecule has 1 aliphatic heterocycles. The normalized spacial score (nSPS) is 16.5. The van der Waals surface area contributed by atoms with Crippen LogP contribution in [0, 0.1) is 0 Å². The van der Waals surface area contributed by atoms with Crippen LogP contribution in [0.3, 0.4) is 0 Å². The summed E-state index contributed by atoms with van der Waals surface area (Å²) in [7, 11) is 0. The maximum absolute atomic E-state index is 10.8. The molecule has 0 fully saturated rings. The van der Waals surface area contributed by atoms with Gasteiger partial charge in [0.15, 0.2) is 12.8 Å². The van der Waals surface area contributed by atoms with E-state index in [0.29, 0.717) is 6.54 Å². The average Bonchev–Trinajstić information content (AvgIpc) is 2.57. The van der Waals surface area contributed by atoms with Gasteiger partial charge in [0.25, 0.3) is 0 Å². The summed E-state index contributed by atoms with van der Waals surface area (Å²) in [6.45, 7) is 2.23. The Balaban J connectivity index is 2.38. The number of carboxylic acid groups (broad SMARTS) is 1. The van der Waals surface area contributed by atoms with E-state index in [1.165, 1.54) is 0 Å². The van der Waals surface area contributed by atoms with Crippen LogP contribution in [-0.2, 0) is 4.79 Å². The molecule has 2 rings (SSSR count). The van der Waals surface area contributed by atoms with E-state index in [-0.39, 0.29) is 0 Å². The van der Waals surface area contributed by atoms with Gasteiger partial charge in [0.2, 0.25) is 6.04 Å². The topological polar surface area (TPSA) is 69.0 Å². The molecule has 0 amide bonds. The third-order valence-electron chi connectivity index (χ3n) is 2.51. The maximum atomic E-state index is 10.8. The van der Waals surface area contributed by atoms with E-state index >= 15 is 0 Å². The first kappa shape index (κ1) is 9.64. The average molecular weight is 206 g/mol. The molecule has 1 atom stereocenters. The zero-order valence-electron chi connectivity index (χ0n) is 8.34. The Hall–Kier alpha value is -1.91. The van der Waals surface area contributed by atoms with Crippen LogP contribution in [0.25, 0.3) is 12.2 Å². The molecule has 1 unspecified atom stereocenters. The lowest BCUT2D eigenvalue weighted by Gasteiger charge is -2.03. The lowest BCUT2D eigenvalue weighted by molar-refractivity contribution is -0.532. The fraction of sp³-hybridized carbons (Fsp3) is 0.300. The van der Waals surface area contributed by atoms with Crippen molar-refractivity contribution >= 4 is 24.3 Å². The molecule has 1 aromatic heterocycles. The third-order valence-corrected chi connectivity index (χ3v) is 2.51. The second-order valence-corrected chi connectivity index (χ2v) is 3.47. The molecule has 0 spiro atoms. The van der Waals surface area contributed by atoms with E-state index in [2.05, 4.69) is 10.2 Å². The Morgan fingerprint density at radius 1 is 1.73 bits per heavy atom. The number of rotatable bonds is 2. The summed E-state index contributed by atoms with van der Waals surface area (Å²) in [5.74, 6) is -0.822. The highest BCUT2D eigenvalue weighted by Crippen LogP contribution is 1.91. The summed E-state index contributed by atoms with van der Waals surface area (Å²) in [5, 5.41) is 17.6. The highest BCUT2D eigenvalue weighted by atomic mass is 16.4. The number of aromatic amines is 1. The molecule has 0 aliphatic carbocycles. The molecule has 2 heterocycles. The van der Waals surface area contributed by atoms with Crippen molar-refractivity contribution < 1.29 is 14.5 Å². The van der Waals surface area contributed by atoms with E-state index in [0.717, 1.165) is 10.6 Å². The van der Waals surface area contributed by atoms with Gasteiger partial charge in [0.05, 0.1) is 11.5 Å². The van der Waals surface area contributed by atoms with Crippen molar-refractivity contribution in [2.75, 3.05) is 6.54 Å². The van der Waals surface area contributed by atoms with Crippen molar-refractivity contribution in [3.8, 4) is 0 Å². The first-order chi connectivity index (χ1) is 7.18. The van der Waals surface area contributed by atoms with Gasteiger partial charge in [0.1, 0.15) is 0 Å². The Kier molecular flexibility index (Phi) is 2.37. The van der Waals surface area contributed by atoms with Crippen LogP contribution in [0.2, 0.25) is 0 Å². The SMILES string of the molecule is CC(C(=O)O)[N+]1=CC=c2cn[nH]c2=CC1. The number of carboxylic acids is 1. The van der Waals surface area contributed by atoms with Gasteiger partial charge < -0.3 is 5.11 Å². The van der Waals surface area contributed by atoms with Crippen molar-refractivity contribution in [1.29, 1.82) is 0 Å². The Bertz CT molecular complexity index is 527. The molecule has 15 heavy (non-hydrogen) atoms. The van der Waals surface area contributed by atoms with Gasteiger partial charge in [-0.3, -0.25) is 5.10 Å². The molecule has 78 valence electrons. The number of hydrogen-bond donors (Lipinski definition) is 2. The molecular formula is C10H12N3O2+. The third kappa shape index (κ3) is 1.81. The van der Waals surface area contributed by atoms with Crippen LogP contribution in [-0.4, -0.2) is 44.6 Å². The van der Waals surface area contributed by atoms with Crippen molar-refractivity contribution in [2.45, 2.75) is 13.0 Å². The first-order valence-electron chi connectivity index (χ1n) is 4.72. The molecule has 0 aromatic carbocycles. The van der Waals surface area contributed by atoms with Gasteiger partial charge >= 0.3 is 5.97 Å². The molecule has 0 radical (unpaired) electrons. The maximum Gasteiger partial charge on any atom is 0.372 e. The molecule has 5 nitrogen and oxygen atoms in total. The molecule has 0 saturated heterocycles. The second-order valence-electron chi connectivity index (χ2n) is 3.47. The molecule has 0 bridgehead atoms. The monoisotopic (exact) mass is 206 g/mol. The molecular weight excluding hydrogens is 194 g/mol. The van der Waals surface area contributed by atoms with E-state index in [1.54, 1.807) is 23.9 Å². The predicted molar refractivity (Wildman–Crippen MR) is 55.1 cm³/mol. The summed E-state index contributed by atoms with van der Waals surface area (Å²) in [6, 6.07) is -0.519. The van der Waals surface area contributed by atoms with Gasteiger partial charge in [-0.05, 0) is 0 Å². The lowest BCUT2D eigenvalue weighted by atomic mass is 10.3. The number of nitrogens with one attached hydrogen (secondary N) is 1. The van der Waals surface area contributed by atoms with Crippen molar-refractivity contribution in [3.63, 3.8) is 0 Å². The zero-order valence-corrected chi connectivity index (χ0v) is 8.34. The van der Waals surface area contributed by atoms with E-state index in [4.69, 9.17) is 5.11 Å². The number of fused-ring (bicyclic) bond motifs is 1. The molecule has 2 N–H and O–H groups in total. The lowest BCUT2D eigenvalue weighted by Crippen LogP contribution is -2.31. The molecule has 5 heteroatoms. The minimum Gasteiger partial charge on any atom is -0.476 e. The largest absolute Gasteiger partial charge is 0.476 e. The highest BCUT2D eigenvalue weighted by Gasteiger charge is 2.22. The summed E-state index contributed by atoms with van der Waals surface area (Å²) in [5.41, 5.74) is 0. The van der Waals surface area contributed by atoms with Gasteiger partial charge in [-0.25, -0.2) is 9.37 Å². The van der Waals surface area contributed by atoms with E-state index < -0.39 is 12.0 Å². The fourth-order valence-corrected chi connectivity index (χ4v) is 1.46. The van der Waals surface area contributed by atoms with Gasteiger partial charge in [0, 0.05) is 24.3 Å². The fourth-order valence-electron chi connectivity index (χ4n) is 1.46. The standard InChI is InChI=1S/C10H11N3O2/c1-7(10(14)15)13-4-2-8-6-11-12-9(8)3-5-13/h2-4,6-7H,5H2,1H3,(H,14,15)/p+1. The summed E-state index contributed by atoms with van der Waals surface area (Å²) < 4.78 is 1.76. The molecule has 1 aliphatic rings. The van der Waals surface area contributed by atoms with Crippen LogP contribution in [0.1, 0.15) is 6.92 Å². The van der Waals surface area contributed by atoms with Crippen LogP contribution < -0.4 is 10.6 Å². The number of aromatic nitrogens is 2. The summed E-state index contributed by atoms with van der Waals surface area (Å²) in [6.07, 6.45) is 7.30. The second kappa shape index (κ2) is 3.68. The van der Waals surface area contributed by atoms with Crippen LogP contribution in [0.15, 0.2) is 6.20 Å². The quantitative estimate of drug-likeness (QED) is 0.581. The van der Waals surface area contributed by atoms with E-state index in [1.807, 2.05) is 12.2 Å². The number of hydrogen-bond acceptors (Lipinski definition) is 2. The Morgan fingerprint density at radius 2 is 2.53 bits per heavy atom. The number of carbonyl (C=O) groups is 1. The zero-order chi connectivity index (χ0) is 10.8. The summed E-state index contributed by atoms with van der Waals surface area (Å²) in [4.78, 5) is 10.8. The Morgan fingerprint density at radius 3 is 3.27 bits per heavy atom. The van der Waals surface area contributed by atoms with Crippen LogP contribution in [0.5, 0.6) is 0 Å². The minimum atomic E-state index is -0.822. The van der Waals surface area contributed by atoms with Gasteiger partial charge in [-0.15, -0.1) is 0 Å². The highest BCUT2D eigenvalue weighted by molar-refractivity contribution is 5.88. The van der Waals surface area contributed by atoms with Crippen LogP contribution >= 0.6 is 0 Å². The summed E-state index contributed by atoms with van der Waals surface area (Å²) >= 11 is 0. The molecule has 1 aromatic rings. The van der Waals surface area contributed by atoms with Crippen molar-refractivity contribution in [2.24, 2.45) is 0 Å². The number of aliphatic carboxylic acids is 1. The number of H-pyrrole nitrogens is 1. The minimum absolute atomic E-state index is 0.519. The Labute approximate surface area is 86.1 Å². The van der Waals surface area contributed by atoms with Crippen molar-refractivity contribution in [1.82, 2.24) is 10.2 Å².